The maximum absolute atomic E-state index is 12.7. The number of aliphatic hydroxyl groups is 1. The van der Waals surface area contributed by atoms with Gasteiger partial charge in [0, 0.05) is 19.5 Å². The van der Waals surface area contributed by atoms with Gasteiger partial charge < -0.3 is 9.84 Å². The second-order valence-corrected chi connectivity index (χ2v) is 7.57. The van der Waals surface area contributed by atoms with Crippen molar-refractivity contribution in [2.24, 2.45) is 5.92 Å². The number of nitroso groups, excluding NO2 is 1. The van der Waals surface area contributed by atoms with E-state index in [-0.39, 0.29) is 24.5 Å². The highest BCUT2D eigenvalue weighted by Gasteiger charge is 2.43. The molecule has 134 valence electrons. The van der Waals surface area contributed by atoms with Crippen molar-refractivity contribution in [3.8, 4) is 0 Å². The number of β-amino-alcohol motifs (C(OH)–C–C–N with tert-alkyl or cyclic N) is 1. The van der Waals surface area contributed by atoms with Crippen molar-refractivity contribution in [2.45, 2.75) is 58.7 Å². The summed E-state index contributed by atoms with van der Waals surface area (Å²) in [5, 5.41) is 10.5. The van der Waals surface area contributed by atoms with Crippen molar-refractivity contribution in [3.05, 3.63) is 4.91 Å². The third kappa shape index (κ3) is 5.73. The van der Waals surface area contributed by atoms with Gasteiger partial charge in [-0.2, -0.15) is 0 Å². The maximum Gasteiger partial charge on any atom is 0.335 e. The van der Waals surface area contributed by atoms with Crippen LogP contribution < -0.4 is 0 Å². The van der Waals surface area contributed by atoms with E-state index < -0.39 is 11.6 Å². The molecule has 1 fully saturated rings. The fraction of sp³-hybridized carbons (Fsp3) is 0.938. The summed E-state index contributed by atoms with van der Waals surface area (Å²) in [4.78, 5) is 28.1. The molecular formula is C16H32N3O4+. The standard InChI is InChI=1S/C16H32N3O4/c1-12(2)14(15(21)23-16(3,4)5)17(6)19(22)13-7-8-18(11-13)9-10-20/h12-14,20H,7-11H2,1-6H3/q+1/t13-,14-/m0/s1. The molecular weight excluding hydrogens is 298 g/mol. The minimum atomic E-state index is -0.612. The highest BCUT2D eigenvalue weighted by atomic mass is 16.6. The molecule has 0 bridgehead atoms. The molecule has 1 N–H and O–H groups in total. The molecule has 0 amide bonds. The van der Waals surface area contributed by atoms with Crippen molar-refractivity contribution in [3.63, 3.8) is 0 Å². The Morgan fingerprint density at radius 2 is 2.04 bits per heavy atom. The number of carbonyl (C=O) groups is 1. The molecule has 7 heteroatoms. The molecule has 0 aliphatic carbocycles. The van der Waals surface area contributed by atoms with Crippen LogP contribution in [0.3, 0.4) is 0 Å². The van der Waals surface area contributed by atoms with Crippen LogP contribution in [-0.4, -0.2) is 76.8 Å². The van der Waals surface area contributed by atoms with Gasteiger partial charge in [-0.15, -0.1) is 5.01 Å². The van der Waals surface area contributed by atoms with E-state index in [2.05, 4.69) is 4.90 Å². The molecule has 2 atom stereocenters. The minimum Gasteiger partial charge on any atom is -0.458 e. The van der Waals surface area contributed by atoms with Crippen LogP contribution in [0.1, 0.15) is 41.0 Å². The van der Waals surface area contributed by atoms with Crippen molar-refractivity contribution in [1.29, 1.82) is 0 Å². The highest BCUT2D eigenvalue weighted by molar-refractivity contribution is 5.76. The zero-order valence-electron chi connectivity index (χ0n) is 15.3. The molecule has 23 heavy (non-hydrogen) atoms. The average molecular weight is 330 g/mol. The number of hydrazine groups is 1. The van der Waals surface area contributed by atoms with Gasteiger partial charge in [-0.25, -0.2) is 4.79 Å². The summed E-state index contributed by atoms with van der Waals surface area (Å²) >= 11 is 0. The Balaban J connectivity index is 2.76. The summed E-state index contributed by atoms with van der Waals surface area (Å²) in [7, 11) is 1.65. The summed E-state index contributed by atoms with van der Waals surface area (Å²) in [6, 6.07) is -0.811. The number of likely N-dealkylation sites (N-methyl/N-ethyl adjacent to an activating group) is 1. The number of hydrogen-bond donors (Lipinski definition) is 1. The predicted molar refractivity (Wildman–Crippen MR) is 87.8 cm³/mol. The first-order valence-electron chi connectivity index (χ1n) is 8.32. The Hall–Kier alpha value is -1.21. The number of likely N-dealkylation sites (tertiary alicyclic amines) is 1. The Labute approximate surface area is 139 Å². The lowest BCUT2D eigenvalue weighted by molar-refractivity contribution is -0.733. The fourth-order valence-electron chi connectivity index (χ4n) is 2.94. The van der Waals surface area contributed by atoms with Crippen LogP contribution >= 0.6 is 0 Å². The molecule has 0 saturated carbocycles. The zero-order valence-corrected chi connectivity index (χ0v) is 15.3. The molecule has 1 aliphatic rings. The highest BCUT2D eigenvalue weighted by Crippen LogP contribution is 2.19. The van der Waals surface area contributed by atoms with Crippen LogP contribution in [0.5, 0.6) is 0 Å². The molecule has 1 aliphatic heterocycles. The second-order valence-electron chi connectivity index (χ2n) is 7.57. The predicted octanol–water partition coefficient (Wildman–Crippen LogP) is 1.05. The molecule has 0 spiro atoms. The average Bonchev–Trinajstić information content (AvgIpc) is 2.84. The van der Waals surface area contributed by atoms with Crippen molar-refractivity contribution < 1.29 is 19.5 Å². The Morgan fingerprint density at radius 3 is 2.52 bits per heavy atom. The Bertz CT molecular complexity index is 420. The van der Waals surface area contributed by atoms with Crippen LogP contribution in [-0.2, 0) is 9.53 Å². The van der Waals surface area contributed by atoms with Crippen LogP contribution in [0, 0.1) is 10.8 Å². The summed E-state index contributed by atoms with van der Waals surface area (Å²) < 4.78 is 5.47. The molecule has 0 aromatic heterocycles. The van der Waals surface area contributed by atoms with Crippen LogP contribution in [0.2, 0.25) is 0 Å². The number of rotatable bonds is 7. The van der Waals surface area contributed by atoms with E-state index in [1.54, 1.807) is 7.05 Å². The van der Waals surface area contributed by atoms with Crippen molar-refractivity contribution in [2.75, 3.05) is 33.3 Å². The molecule has 7 nitrogen and oxygen atoms in total. The van der Waals surface area contributed by atoms with Gasteiger partial charge in [0.2, 0.25) is 6.04 Å². The fourth-order valence-corrected chi connectivity index (χ4v) is 2.94. The van der Waals surface area contributed by atoms with Crippen molar-refractivity contribution >= 4 is 5.97 Å². The van der Waals surface area contributed by atoms with Crippen LogP contribution in [0.15, 0.2) is 0 Å². The third-order valence-corrected chi connectivity index (χ3v) is 3.97. The van der Waals surface area contributed by atoms with E-state index >= 15 is 0 Å². The maximum atomic E-state index is 12.7. The largest absolute Gasteiger partial charge is 0.458 e. The van der Waals surface area contributed by atoms with Gasteiger partial charge >= 0.3 is 5.97 Å². The van der Waals surface area contributed by atoms with E-state index in [1.807, 2.05) is 34.6 Å². The number of aliphatic hydroxyl groups excluding tert-OH is 1. The van der Waals surface area contributed by atoms with Crippen LogP contribution in [0.25, 0.3) is 0 Å². The first-order valence-corrected chi connectivity index (χ1v) is 8.32. The van der Waals surface area contributed by atoms with E-state index in [4.69, 9.17) is 9.84 Å². The Kier molecular flexibility index (Phi) is 6.95. The van der Waals surface area contributed by atoms with Crippen LogP contribution in [0.4, 0.5) is 0 Å². The normalized spacial score (nSPS) is 20.6. The second kappa shape index (κ2) is 8.06. The molecule has 0 aromatic rings. The molecule has 0 aromatic carbocycles. The topological polar surface area (TPSA) is 73.1 Å². The Morgan fingerprint density at radius 1 is 1.43 bits per heavy atom. The quantitative estimate of drug-likeness (QED) is 0.427. The monoisotopic (exact) mass is 330 g/mol. The summed E-state index contributed by atoms with van der Waals surface area (Å²) in [5.41, 5.74) is -0.579. The lowest BCUT2D eigenvalue weighted by Crippen LogP contribution is -2.52. The third-order valence-electron chi connectivity index (χ3n) is 3.97. The zero-order chi connectivity index (χ0) is 17.8. The number of ether oxygens (including phenoxy) is 1. The first kappa shape index (κ1) is 19.8. The van der Waals surface area contributed by atoms with E-state index in [0.717, 1.165) is 17.8 Å². The molecule has 0 unspecified atom stereocenters. The lowest BCUT2D eigenvalue weighted by Gasteiger charge is -2.28. The number of hydrogen-bond acceptors (Lipinski definition) is 5. The van der Waals surface area contributed by atoms with Gasteiger partial charge in [0.25, 0.3) is 0 Å². The van der Waals surface area contributed by atoms with E-state index in [0.29, 0.717) is 13.1 Å². The van der Waals surface area contributed by atoms with Gasteiger partial charge in [-0.05, 0) is 26.7 Å². The summed E-state index contributed by atoms with van der Waals surface area (Å²) in [5.74, 6) is -0.415. The number of esters is 1. The number of nitrogens with zero attached hydrogens (tertiary/aromatic N) is 3. The van der Waals surface area contributed by atoms with E-state index in [9.17, 15) is 9.70 Å². The van der Waals surface area contributed by atoms with Gasteiger partial charge in [0.15, 0.2) is 6.04 Å². The minimum absolute atomic E-state index is 0.0405. The van der Waals surface area contributed by atoms with E-state index in [1.165, 1.54) is 5.01 Å². The lowest BCUT2D eigenvalue weighted by atomic mass is 10.0. The van der Waals surface area contributed by atoms with Gasteiger partial charge in [-0.1, -0.05) is 13.8 Å². The van der Waals surface area contributed by atoms with Gasteiger partial charge in [-0.3, -0.25) is 4.90 Å². The SMILES string of the molecule is CC(C)[C@@H](C(=O)OC(C)(C)C)N(C)[N+](=O)[C@H]1CCN(CCO)C1. The number of carbonyl (C=O) groups excluding carboxylic acids is 1. The molecule has 1 heterocycles. The summed E-state index contributed by atoms with van der Waals surface area (Å²) in [6.07, 6.45) is 0.729. The molecule has 1 rings (SSSR count). The van der Waals surface area contributed by atoms with Gasteiger partial charge in [0.05, 0.1) is 25.1 Å². The van der Waals surface area contributed by atoms with Crippen molar-refractivity contribution in [1.82, 2.24) is 9.91 Å². The molecule has 1 saturated heterocycles. The molecule has 0 radical (unpaired) electrons. The summed E-state index contributed by atoms with van der Waals surface area (Å²) in [6.45, 7) is 11.3. The smallest absolute Gasteiger partial charge is 0.335 e. The van der Waals surface area contributed by atoms with Gasteiger partial charge in [0.1, 0.15) is 10.5 Å². The first-order chi connectivity index (χ1) is 10.6.